The molecule has 8 nitrogen and oxygen atoms in total. The van der Waals surface area contributed by atoms with Crippen LogP contribution in [0, 0.1) is 17.0 Å². The van der Waals surface area contributed by atoms with Crippen LogP contribution in [0.1, 0.15) is 44.2 Å². The molecule has 0 spiro atoms. The fourth-order valence-corrected chi connectivity index (χ4v) is 3.84. The van der Waals surface area contributed by atoms with E-state index in [1.54, 1.807) is 0 Å². The third-order valence-electron chi connectivity index (χ3n) is 5.31. The highest BCUT2D eigenvalue weighted by Gasteiger charge is 2.25. The van der Waals surface area contributed by atoms with Gasteiger partial charge < -0.3 is 10.6 Å². The number of pyridine rings is 1. The molecular formula is C21H24N6O2. The average Bonchev–Trinajstić information content (AvgIpc) is 2.97. The summed E-state index contributed by atoms with van der Waals surface area (Å²) in [6, 6.07) is 9.81. The second kappa shape index (κ2) is 8.38. The van der Waals surface area contributed by atoms with Gasteiger partial charge in [-0.1, -0.05) is 43.9 Å². The second-order valence-corrected chi connectivity index (χ2v) is 7.46. The standard InChI is InChI=1S/C21H24N6O2/c1-14-11-12-15-7-6-10-17(18(15)24-14)26-21-19(27(28)29)20(22-13-23-21)25-16-8-4-2-3-5-9-16/h6-7,10-13,16H,2-5,8-9H2,1H3,(H2,22,23,25,26). The van der Waals surface area contributed by atoms with Crippen LogP contribution in [0.25, 0.3) is 10.9 Å². The van der Waals surface area contributed by atoms with Crippen molar-refractivity contribution in [3.8, 4) is 0 Å². The number of hydrogen-bond acceptors (Lipinski definition) is 7. The van der Waals surface area contributed by atoms with Crippen LogP contribution in [-0.4, -0.2) is 25.9 Å². The van der Waals surface area contributed by atoms with Gasteiger partial charge in [-0.05, 0) is 31.9 Å². The molecule has 1 saturated carbocycles. The summed E-state index contributed by atoms with van der Waals surface area (Å²) in [5.74, 6) is 0.431. The topological polar surface area (TPSA) is 106 Å². The Kier molecular flexibility index (Phi) is 5.50. The van der Waals surface area contributed by atoms with E-state index in [0.717, 1.165) is 42.3 Å². The SMILES string of the molecule is Cc1ccc2cccc(Nc3ncnc(NC4CCCCCC4)c3[N+](=O)[O-])c2n1. The summed E-state index contributed by atoms with van der Waals surface area (Å²) in [5.41, 5.74) is 2.16. The van der Waals surface area contributed by atoms with E-state index in [9.17, 15) is 10.1 Å². The minimum atomic E-state index is -0.425. The Hall–Kier alpha value is -3.29. The highest BCUT2D eigenvalue weighted by molar-refractivity contribution is 5.93. The zero-order valence-corrected chi connectivity index (χ0v) is 16.4. The van der Waals surface area contributed by atoms with E-state index >= 15 is 0 Å². The van der Waals surface area contributed by atoms with Gasteiger partial charge in [0.2, 0.25) is 11.6 Å². The number of anilines is 3. The van der Waals surface area contributed by atoms with Crippen LogP contribution >= 0.6 is 0 Å². The third-order valence-corrected chi connectivity index (χ3v) is 5.31. The van der Waals surface area contributed by atoms with E-state index in [0.29, 0.717) is 5.69 Å². The van der Waals surface area contributed by atoms with Gasteiger partial charge in [-0.25, -0.2) is 9.97 Å². The number of nitrogens with one attached hydrogen (secondary N) is 2. The molecule has 1 aliphatic carbocycles. The second-order valence-electron chi connectivity index (χ2n) is 7.46. The smallest absolute Gasteiger partial charge is 0.353 e. The first-order valence-corrected chi connectivity index (χ1v) is 10.0. The Balaban J connectivity index is 1.69. The molecule has 3 aromatic rings. The highest BCUT2D eigenvalue weighted by Crippen LogP contribution is 2.34. The predicted molar refractivity (Wildman–Crippen MR) is 114 cm³/mol. The van der Waals surface area contributed by atoms with Gasteiger partial charge in [0.05, 0.1) is 16.1 Å². The van der Waals surface area contributed by atoms with E-state index in [4.69, 9.17) is 0 Å². The first-order valence-electron chi connectivity index (χ1n) is 10.0. The van der Waals surface area contributed by atoms with Crippen molar-refractivity contribution in [3.63, 3.8) is 0 Å². The van der Waals surface area contributed by atoms with Gasteiger partial charge in [0, 0.05) is 17.1 Å². The van der Waals surface area contributed by atoms with Crippen LogP contribution in [0.3, 0.4) is 0 Å². The molecule has 1 aliphatic rings. The van der Waals surface area contributed by atoms with Gasteiger partial charge >= 0.3 is 5.69 Å². The molecule has 0 unspecified atom stereocenters. The lowest BCUT2D eigenvalue weighted by Gasteiger charge is -2.17. The normalized spacial score (nSPS) is 15.1. The molecule has 0 aliphatic heterocycles. The van der Waals surface area contributed by atoms with Gasteiger partial charge in [0.15, 0.2) is 0 Å². The van der Waals surface area contributed by atoms with Crippen LogP contribution in [-0.2, 0) is 0 Å². The van der Waals surface area contributed by atoms with Crippen molar-refractivity contribution in [2.75, 3.05) is 10.6 Å². The number of nitrogens with zero attached hydrogens (tertiary/aromatic N) is 4. The first-order chi connectivity index (χ1) is 14.1. The van der Waals surface area contributed by atoms with E-state index in [2.05, 4.69) is 25.6 Å². The van der Waals surface area contributed by atoms with Gasteiger partial charge in [0.1, 0.15) is 6.33 Å². The van der Waals surface area contributed by atoms with Crippen molar-refractivity contribution in [3.05, 3.63) is 52.5 Å². The minimum Gasteiger partial charge on any atom is -0.361 e. The Morgan fingerprint density at radius 2 is 1.79 bits per heavy atom. The van der Waals surface area contributed by atoms with Crippen LogP contribution in [0.5, 0.6) is 0 Å². The average molecular weight is 392 g/mol. The van der Waals surface area contributed by atoms with Crippen molar-refractivity contribution in [2.45, 2.75) is 51.5 Å². The van der Waals surface area contributed by atoms with E-state index in [1.807, 2.05) is 37.3 Å². The predicted octanol–water partition coefficient (Wildman–Crippen LogP) is 5.12. The fraction of sp³-hybridized carbons (Fsp3) is 0.381. The van der Waals surface area contributed by atoms with Crippen molar-refractivity contribution < 1.29 is 4.92 Å². The minimum absolute atomic E-state index is 0.138. The number of aromatic nitrogens is 3. The van der Waals surface area contributed by atoms with E-state index < -0.39 is 4.92 Å². The Morgan fingerprint density at radius 3 is 2.55 bits per heavy atom. The lowest BCUT2D eigenvalue weighted by atomic mass is 10.1. The summed E-state index contributed by atoms with van der Waals surface area (Å²) in [6.07, 6.45) is 8.03. The van der Waals surface area contributed by atoms with Gasteiger partial charge in [-0.15, -0.1) is 0 Å². The fourth-order valence-electron chi connectivity index (χ4n) is 3.84. The zero-order valence-electron chi connectivity index (χ0n) is 16.4. The number of benzene rings is 1. The maximum Gasteiger partial charge on any atom is 0.353 e. The third kappa shape index (κ3) is 4.26. The molecule has 150 valence electrons. The maximum atomic E-state index is 11.9. The largest absolute Gasteiger partial charge is 0.361 e. The lowest BCUT2D eigenvalue weighted by Crippen LogP contribution is -2.20. The monoisotopic (exact) mass is 392 g/mol. The lowest BCUT2D eigenvalue weighted by molar-refractivity contribution is -0.383. The Morgan fingerprint density at radius 1 is 1.03 bits per heavy atom. The molecule has 0 atom stereocenters. The molecule has 29 heavy (non-hydrogen) atoms. The molecule has 0 saturated heterocycles. The zero-order chi connectivity index (χ0) is 20.2. The molecule has 1 aromatic carbocycles. The molecule has 1 fully saturated rings. The van der Waals surface area contributed by atoms with E-state index in [1.165, 1.54) is 19.2 Å². The summed E-state index contributed by atoms with van der Waals surface area (Å²) in [6.45, 7) is 1.91. The number of para-hydroxylation sites is 1. The molecule has 0 radical (unpaired) electrons. The highest BCUT2D eigenvalue weighted by atomic mass is 16.6. The molecule has 4 rings (SSSR count). The molecule has 2 aromatic heterocycles. The molecular weight excluding hydrogens is 368 g/mol. The van der Waals surface area contributed by atoms with Crippen molar-refractivity contribution in [1.29, 1.82) is 0 Å². The van der Waals surface area contributed by atoms with Crippen LogP contribution < -0.4 is 10.6 Å². The molecule has 0 amide bonds. The summed E-state index contributed by atoms with van der Waals surface area (Å²) in [7, 11) is 0. The number of fused-ring (bicyclic) bond motifs is 1. The Bertz CT molecular complexity index is 1030. The van der Waals surface area contributed by atoms with Crippen molar-refractivity contribution in [2.24, 2.45) is 0 Å². The van der Waals surface area contributed by atoms with Gasteiger partial charge in [-0.2, -0.15) is 0 Å². The summed E-state index contributed by atoms with van der Waals surface area (Å²) >= 11 is 0. The molecule has 2 heterocycles. The number of aryl methyl sites for hydroxylation is 1. The molecule has 8 heteroatoms. The number of hydrogen-bond donors (Lipinski definition) is 2. The number of nitro groups is 1. The Labute approximate surface area is 168 Å². The summed E-state index contributed by atoms with van der Waals surface area (Å²) < 4.78 is 0. The molecule has 0 bridgehead atoms. The van der Waals surface area contributed by atoms with Gasteiger partial charge in [0.25, 0.3) is 0 Å². The quantitative estimate of drug-likeness (QED) is 0.352. The van der Waals surface area contributed by atoms with Gasteiger partial charge in [-0.3, -0.25) is 15.1 Å². The summed E-state index contributed by atoms with van der Waals surface area (Å²) in [5, 5.41) is 19.3. The van der Waals surface area contributed by atoms with Crippen LogP contribution in [0.15, 0.2) is 36.7 Å². The van der Waals surface area contributed by atoms with Crippen LogP contribution in [0.4, 0.5) is 23.0 Å². The first kappa shape index (κ1) is 19.0. The maximum absolute atomic E-state index is 11.9. The van der Waals surface area contributed by atoms with Crippen LogP contribution in [0.2, 0.25) is 0 Å². The molecule has 2 N–H and O–H groups in total. The van der Waals surface area contributed by atoms with Crippen molar-refractivity contribution >= 4 is 33.9 Å². The summed E-state index contributed by atoms with van der Waals surface area (Å²) in [4.78, 5) is 24.4. The number of rotatable bonds is 5. The van der Waals surface area contributed by atoms with Crippen molar-refractivity contribution in [1.82, 2.24) is 15.0 Å². The van der Waals surface area contributed by atoms with E-state index in [-0.39, 0.29) is 23.4 Å².